The van der Waals surface area contributed by atoms with Crippen molar-refractivity contribution in [1.29, 1.82) is 0 Å². The van der Waals surface area contributed by atoms with E-state index in [1.165, 1.54) is 18.2 Å². The van der Waals surface area contributed by atoms with Crippen molar-refractivity contribution in [2.24, 2.45) is 17.6 Å². The summed E-state index contributed by atoms with van der Waals surface area (Å²) in [6.07, 6.45) is -3.41. The zero-order valence-electron chi connectivity index (χ0n) is 19.7. The van der Waals surface area contributed by atoms with Gasteiger partial charge in [0.15, 0.2) is 11.6 Å². The molecule has 2 aromatic rings. The number of carbonyl (C=O) groups excluding carboxylic acids is 1. The highest BCUT2D eigenvalue weighted by Crippen LogP contribution is 2.29. The second-order valence-corrected chi connectivity index (χ2v) is 8.99. The Morgan fingerprint density at radius 2 is 1.76 bits per heavy atom. The molecule has 1 heterocycles. The minimum absolute atomic E-state index is 0.000880. The monoisotopic (exact) mass is 473 g/mol. The summed E-state index contributed by atoms with van der Waals surface area (Å²) in [5.74, 6) is -1.03. The molecule has 0 aliphatic rings. The average molecular weight is 474 g/mol. The molecule has 0 aliphatic carbocycles. The lowest BCUT2D eigenvalue weighted by molar-refractivity contribution is -0.144. The van der Waals surface area contributed by atoms with Crippen molar-refractivity contribution in [2.45, 2.75) is 59.7 Å². The van der Waals surface area contributed by atoms with Crippen molar-refractivity contribution in [3.8, 4) is 17.0 Å². The molecule has 1 amide bonds. The van der Waals surface area contributed by atoms with Crippen LogP contribution >= 0.6 is 0 Å². The maximum Gasteiger partial charge on any atom is 0.451 e. The Labute approximate surface area is 191 Å². The van der Waals surface area contributed by atoms with Gasteiger partial charge in [-0.2, -0.15) is 13.2 Å². The zero-order valence-corrected chi connectivity index (χ0v) is 19.7. The van der Waals surface area contributed by atoms with E-state index in [-0.39, 0.29) is 22.9 Å². The third kappa shape index (κ3) is 11.0. The molecular formula is C23H31F4N3O3. The van der Waals surface area contributed by atoms with Gasteiger partial charge in [-0.1, -0.05) is 20.8 Å². The van der Waals surface area contributed by atoms with Gasteiger partial charge in [0.2, 0.25) is 5.82 Å². The van der Waals surface area contributed by atoms with Gasteiger partial charge in [-0.15, -0.1) is 0 Å². The SMILES string of the molecule is CC(C)(C)OC(N)=O.CC(C)CC(C)COc1ccc(-c2ccnc(C(F)(F)F)n2)cc1F. The fraction of sp³-hybridized carbons (Fsp3) is 0.522. The molecule has 1 aromatic carbocycles. The van der Waals surface area contributed by atoms with Crippen molar-refractivity contribution < 1.29 is 31.8 Å². The predicted octanol–water partition coefficient (Wildman–Crippen LogP) is 6.24. The molecule has 1 aromatic heterocycles. The van der Waals surface area contributed by atoms with E-state index in [1.54, 1.807) is 20.8 Å². The van der Waals surface area contributed by atoms with E-state index in [9.17, 15) is 22.4 Å². The summed E-state index contributed by atoms with van der Waals surface area (Å²) in [6, 6.07) is 5.30. The largest absolute Gasteiger partial charge is 0.490 e. The van der Waals surface area contributed by atoms with Crippen LogP contribution in [0.5, 0.6) is 5.75 Å². The van der Waals surface area contributed by atoms with E-state index in [1.807, 2.05) is 6.92 Å². The van der Waals surface area contributed by atoms with Gasteiger partial charge in [-0.05, 0) is 63.3 Å². The van der Waals surface area contributed by atoms with Crippen molar-refractivity contribution in [3.63, 3.8) is 0 Å². The van der Waals surface area contributed by atoms with Gasteiger partial charge in [0.1, 0.15) is 5.60 Å². The number of hydrogen-bond acceptors (Lipinski definition) is 5. The van der Waals surface area contributed by atoms with Gasteiger partial charge in [-0.3, -0.25) is 0 Å². The van der Waals surface area contributed by atoms with Crippen molar-refractivity contribution >= 4 is 6.09 Å². The van der Waals surface area contributed by atoms with Crippen LogP contribution < -0.4 is 10.5 Å². The Kier molecular flexibility index (Phi) is 10.1. The van der Waals surface area contributed by atoms with E-state index in [2.05, 4.69) is 28.6 Å². The molecule has 0 fully saturated rings. The molecule has 2 rings (SSSR count). The van der Waals surface area contributed by atoms with E-state index in [4.69, 9.17) is 10.5 Å². The Morgan fingerprint density at radius 1 is 1.12 bits per heavy atom. The minimum Gasteiger partial charge on any atom is -0.490 e. The van der Waals surface area contributed by atoms with E-state index in [0.29, 0.717) is 12.5 Å². The van der Waals surface area contributed by atoms with Crippen molar-refractivity contribution in [3.05, 3.63) is 42.1 Å². The topological polar surface area (TPSA) is 87.3 Å². The summed E-state index contributed by atoms with van der Waals surface area (Å²) in [4.78, 5) is 16.7. The lowest BCUT2D eigenvalue weighted by Gasteiger charge is -2.16. The normalized spacial score (nSPS) is 12.6. The van der Waals surface area contributed by atoms with E-state index in [0.717, 1.165) is 18.7 Å². The molecule has 1 unspecified atom stereocenters. The van der Waals surface area contributed by atoms with E-state index >= 15 is 0 Å². The van der Waals surface area contributed by atoms with Gasteiger partial charge in [0, 0.05) is 11.8 Å². The standard InChI is InChI=1S/C18H20F4N2O.C5H11NO2/c1-11(2)8-12(3)10-25-16-5-4-13(9-14(16)19)15-6-7-23-17(24-15)18(20,21)22;1-5(2,3)8-4(6)7/h4-7,9,11-12H,8,10H2,1-3H3;1-3H3,(H2,6,7). The van der Waals surface area contributed by atoms with E-state index < -0.39 is 29.5 Å². The first-order valence-electron chi connectivity index (χ1n) is 10.4. The summed E-state index contributed by atoms with van der Waals surface area (Å²) in [5, 5.41) is 0. The Balaban J connectivity index is 0.000000582. The first-order chi connectivity index (χ1) is 15.1. The van der Waals surface area contributed by atoms with Gasteiger partial charge in [0.25, 0.3) is 0 Å². The second kappa shape index (κ2) is 11.8. The number of halogens is 4. The fourth-order valence-corrected chi connectivity index (χ4v) is 2.84. The first kappa shape index (κ1) is 28.1. The lowest BCUT2D eigenvalue weighted by Crippen LogP contribution is -2.27. The Bertz CT molecular complexity index is 913. The minimum atomic E-state index is -4.65. The molecule has 0 saturated carbocycles. The fourth-order valence-electron chi connectivity index (χ4n) is 2.84. The number of rotatable bonds is 6. The number of ether oxygens (including phenoxy) is 2. The maximum atomic E-state index is 14.2. The van der Waals surface area contributed by atoms with Gasteiger partial charge in [0.05, 0.1) is 12.3 Å². The van der Waals surface area contributed by atoms with Crippen LogP contribution in [0.4, 0.5) is 22.4 Å². The molecule has 2 N–H and O–H groups in total. The van der Waals surface area contributed by atoms with Crippen molar-refractivity contribution in [2.75, 3.05) is 6.61 Å². The number of nitrogens with zero attached hydrogens (tertiary/aromatic N) is 2. The second-order valence-electron chi connectivity index (χ2n) is 8.99. The number of primary amides is 1. The van der Waals surface area contributed by atoms with Crippen LogP contribution in [0.2, 0.25) is 0 Å². The number of nitrogens with two attached hydrogens (primary N) is 1. The average Bonchev–Trinajstić information content (AvgIpc) is 2.64. The highest BCUT2D eigenvalue weighted by molar-refractivity contribution is 5.65. The molecule has 0 saturated heterocycles. The number of amides is 1. The number of aromatic nitrogens is 2. The number of carbonyl (C=O) groups is 1. The van der Waals surface area contributed by atoms with Crippen LogP contribution in [0, 0.1) is 17.7 Å². The molecule has 0 aliphatic heterocycles. The Hall–Kier alpha value is -2.91. The molecule has 6 nitrogen and oxygen atoms in total. The Morgan fingerprint density at radius 3 is 2.21 bits per heavy atom. The third-order valence-corrected chi connectivity index (χ3v) is 3.94. The van der Waals surface area contributed by atoms with Crippen LogP contribution in [-0.4, -0.2) is 28.3 Å². The number of benzene rings is 1. The highest BCUT2D eigenvalue weighted by Gasteiger charge is 2.34. The summed E-state index contributed by atoms with van der Waals surface area (Å²) >= 11 is 0. The summed E-state index contributed by atoms with van der Waals surface area (Å²) in [7, 11) is 0. The molecule has 0 bridgehead atoms. The van der Waals surface area contributed by atoms with Crippen LogP contribution in [-0.2, 0) is 10.9 Å². The first-order valence-corrected chi connectivity index (χ1v) is 10.4. The van der Waals surface area contributed by atoms with Gasteiger partial charge >= 0.3 is 12.3 Å². The molecule has 0 radical (unpaired) electrons. The molecule has 10 heteroatoms. The molecule has 33 heavy (non-hydrogen) atoms. The zero-order chi connectivity index (χ0) is 25.4. The van der Waals surface area contributed by atoms with Crippen molar-refractivity contribution in [1.82, 2.24) is 9.97 Å². The van der Waals surface area contributed by atoms with Crippen LogP contribution in [0.25, 0.3) is 11.3 Å². The summed E-state index contributed by atoms with van der Waals surface area (Å²) in [5.41, 5.74) is 4.50. The molecule has 1 atom stereocenters. The summed E-state index contributed by atoms with van der Waals surface area (Å²) in [6.45, 7) is 11.9. The summed E-state index contributed by atoms with van der Waals surface area (Å²) < 4.78 is 62.3. The number of alkyl halides is 3. The van der Waals surface area contributed by atoms with Gasteiger partial charge < -0.3 is 15.2 Å². The van der Waals surface area contributed by atoms with Crippen LogP contribution in [0.1, 0.15) is 53.8 Å². The lowest BCUT2D eigenvalue weighted by atomic mass is 10.00. The molecular weight excluding hydrogens is 442 g/mol. The smallest absolute Gasteiger partial charge is 0.451 e. The third-order valence-electron chi connectivity index (χ3n) is 3.94. The molecule has 184 valence electrons. The number of hydrogen-bond donors (Lipinski definition) is 1. The molecule has 0 spiro atoms. The van der Waals surface area contributed by atoms with Crippen LogP contribution in [0.15, 0.2) is 30.5 Å². The highest BCUT2D eigenvalue weighted by atomic mass is 19.4. The van der Waals surface area contributed by atoms with Crippen LogP contribution in [0.3, 0.4) is 0 Å². The predicted molar refractivity (Wildman–Crippen MR) is 117 cm³/mol. The van der Waals surface area contributed by atoms with Gasteiger partial charge in [-0.25, -0.2) is 19.2 Å². The quantitative estimate of drug-likeness (QED) is 0.502. The maximum absolute atomic E-state index is 14.2.